The number of methoxy groups -OCH3 is 1. The molecule has 0 saturated carbocycles. The van der Waals surface area contributed by atoms with Gasteiger partial charge >= 0.3 is 0 Å². The number of ether oxygens (including phenoxy) is 1. The normalized spacial score (nSPS) is 11.3. The maximum atomic E-state index is 13.1. The van der Waals surface area contributed by atoms with Crippen LogP contribution in [0.15, 0.2) is 72.8 Å². The fourth-order valence-corrected chi connectivity index (χ4v) is 3.94. The van der Waals surface area contributed by atoms with Crippen molar-refractivity contribution in [3.05, 3.63) is 88.9 Å². The molecule has 2 amide bonds. The van der Waals surface area contributed by atoms with Gasteiger partial charge in [0.25, 0.3) is 5.91 Å². The Kier molecular flexibility index (Phi) is 8.10. The van der Waals surface area contributed by atoms with Gasteiger partial charge in [0.2, 0.25) is 5.91 Å². The van der Waals surface area contributed by atoms with Crippen molar-refractivity contribution < 1.29 is 19.4 Å². The van der Waals surface area contributed by atoms with Gasteiger partial charge in [-0.2, -0.15) is 5.26 Å². The fourth-order valence-electron chi connectivity index (χ4n) is 3.78. The van der Waals surface area contributed by atoms with E-state index >= 15 is 0 Å². The van der Waals surface area contributed by atoms with Crippen LogP contribution in [0, 0.1) is 11.3 Å². The number of rotatable bonds is 7. The topological polar surface area (TPSA) is 150 Å². The first kappa shape index (κ1) is 27.1. The summed E-state index contributed by atoms with van der Waals surface area (Å²) in [6, 6.07) is 20.9. The number of carbonyl (C=O) groups is 2. The molecular formula is C29H24ClN5O4. The van der Waals surface area contributed by atoms with Crippen molar-refractivity contribution in [3.63, 3.8) is 0 Å². The van der Waals surface area contributed by atoms with E-state index in [0.29, 0.717) is 38.7 Å². The third-order valence-electron chi connectivity index (χ3n) is 5.81. The second-order valence-corrected chi connectivity index (χ2v) is 9.03. The first-order chi connectivity index (χ1) is 18.7. The monoisotopic (exact) mass is 541 g/mol. The highest BCUT2D eigenvalue weighted by molar-refractivity contribution is 6.30. The fraction of sp³-hybridized carbons (Fsp3) is 0.103. The molecule has 4 rings (SSSR count). The standard InChI is InChI=1S/C29H24ClN5O4/c1-16(32)28(37)33-20-5-3-4-18(12-20)23-14-25(22-11-8-19(30)13-26(22)36)34-27(24(23)15-31)35-29(38)17-6-9-21(39-2)10-7-17/h3-14,16,36H,32H2,1-2H3,(H,33,37)(H,34,35,38). The summed E-state index contributed by atoms with van der Waals surface area (Å²) in [7, 11) is 1.52. The summed E-state index contributed by atoms with van der Waals surface area (Å²) in [4.78, 5) is 29.8. The van der Waals surface area contributed by atoms with Crippen LogP contribution in [-0.4, -0.2) is 35.1 Å². The number of aromatic nitrogens is 1. The van der Waals surface area contributed by atoms with Crippen LogP contribution < -0.4 is 21.1 Å². The lowest BCUT2D eigenvalue weighted by molar-refractivity contribution is -0.117. The van der Waals surface area contributed by atoms with E-state index in [2.05, 4.69) is 21.7 Å². The van der Waals surface area contributed by atoms with Crippen LogP contribution in [0.1, 0.15) is 22.8 Å². The molecule has 196 valence electrons. The molecule has 0 fully saturated rings. The van der Waals surface area contributed by atoms with Gasteiger partial charge in [-0.25, -0.2) is 4.98 Å². The number of phenols is 1. The van der Waals surface area contributed by atoms with Crippen LogP contribution in [0.25, 0.3) is 22.4 Å². The molecule has 1 heterocycles. The zero-order valence-corrected chi connectivity index (χ0v) is 21.8. The lowest BCUT2D eigenvalue weighted by Gasteiger charge is -2.15. The molecule has 0 aliphatic carbocycles. The molecule has 0 radical (unpaired) electrons. The smallest absolute Gasteiger partial charge is 0.256 e. The van der Waals surface area contributed by atoms with Gasteiger partial charge in [-0.15, -0.1) is 0 Å². The number of benzene rings is 3. The van der Waals surface area contributed by atoms with Crippen LogP contribution in [0.3, 0.4) is 0 Å². The summed E-state index contributed by atoms with van der Waals surface area (Å²) in [5, 5.41) is 26.5. The maximum Gasteiger partial charge on any atom is 0.256 e. The second-order valence-electron chi connectivity index (χ2n) is 8.59. The molecule has 9 nitrogen and oxygen atoms in total. The largest absolute Gasteiger partial charge is 0.507 e. The number of halogens is 1. The van der Waals surface area contributed by atoms with Crippen molar-refractivity contribution >= 4 is 34.9 Å². The molecule has 4 aromatic rings. The average Bonchev–Trinajstić information content (AvgIpc) is 2.92. The number of nitrogens with one attached hydrogen (secondary N) is 2. The maximum absolute atomic E-state index is 13.1. The second kappa shape index (κ2) is 11.6. The molecule has 0 saturated heterocycles. The molecule has 10 heteroatoms. The van der Waals surface area contributed by atoms with Gasteiger partial charge in [-0.3, -0.25) is 9.59 Å². The first-order valence-electron chi connectivity index (χ1n) is 11.8. The summed E-state index contributed by atoms with van der Waals surface area (Å²) < 4.78 is 5.15. The van der Waals surface area contributed by atoms with Crippen molar-refractivity contribution in [2.75, 3.05) is 17.7 Å². The van der Waals surface area contributed by atoms with Crippen molar-refractivity contribution in [2.24, 2.45) is 5.73 Å². The molecule has 5 N–H and O–H groups in total. The molecule has 1 atom stereocenters. The van der Waals surface area contributed by atoms with E-state index in [1.54, 1.807) is 73.7 Å². The minimum atomic E-state index is -0.719. The summed E-state index contributed by atoms with van der Waals surface area (Å²) in [6.07, 6.45) is 0. The quantitative estimate of drug-likeness (QED) is 0.251. The number of aromatic hydroxyl groups is 1. The number of amides is 2. The summed E-state index contributed by atoms with van der Waals surface area (Å²) in [5.74, 6) is -0.424. The zero-order valence-electron chi connectivity index (χ0n) is 21.0. The SMILES string of the molecule is COc1ccc(C(=O)Nc2nc(-c3ccc(Cl)cc3O)cc(-c3cccc(NC(=O)C(C)N)c3)c2C#N)cc1. The number of carbonyl (C=O) groups excluding carboxylic acids is 2. The third-order valence-corrected chi connectivity index (χ3v) is 6.04. The highest BCUT2D eigenvalue weighted by Crippen LogP contribution is 2.37. The Labute approximate surface area is 229 Å². The molecule has 3 aromatic carbocycles. The van der Waals surface area contributed by atoms with Crippen molar-refractivity contribution in [1.29, 1.82) is 5.26 Å². The summed E-state index contributed by atoms with van der Waals surface area (Å²) in [6.45, 7) is 1.57. The van der Waals surface area contributed by atoms with Gasteiger partial charge in [-0.1, -0.05) is 23.7 Å². The van der Waals surface area contributed by atoms with E-state index in [9.17, 15) is 20.0 Å². The Morgan fingerprint density at radius 1 is 1.05 bits per heavy atom. The highest BCUT2D eigenvalue weighted by Gasteiger charge is 2.20. The molecular weight excluding hydrogens is 518 g/mol. The summed E-state index contributed by atoms with van der Waals surface area (Å²) >= 11 is 6.02. The minimum absolute atomic E-state index is 0.00909. The minimum Gasteiger partial charge on any atom is -0.507 e. The Morgan fingerprint density at radius 3 is 2.44 bits per heavy atom. The van der Waals surface area contributed by atoms with E-state index in [4.69, 9.17) is 22.1 Å². The zero-order chi connectivity index (χ0) is 28.1. The number of anilines is 2. The Morgan fingerprint density at radius 2 is 1.79 bits per heavy atom. The van der Waals surface area contributed by atoms with Gasteiger partial charge in [-0.05, 0) is 73.2 Å². The van der Waals surface area contributed by atoms with E-state index < -0.39 is 11.9 Å². The van der Waals surface area contributed by atoms with Crippen LogP contribution in [0.5, 0.6) is 11.5 Å². The van der Waals surface area contributed by atoms with Crippen molar-refractivity contribution in [3.8, 4) is 40.0 Å². The van der Waals surface area contributed by atoms with Gasteiger partial charge in [0.05, 0.1) is 18.8 Å². The molecule has 0 bridgehead atoms. The molecule has 1 aromatic heterocycles. The molecule has 0 aliphatic rings. The lowest BCUT2D eigenvalue weighted by Crippen LogP contribution is -2.32. The number of pyridine rings is 1. The number of nitrogens with zero attached hydrogens (tertiary/aromatic N) is 2. The summed E-state index contributed by atoms with van der Waals surface area (Å²) in [5.41, 5.74) is 8.15. The van der Waals surface area contributed by atoms with E-state index in [1.165, 1.54) is 13.2 Å². The van der Waals surface area contributed by atoms with Crippen molar-refractivity contribution in [1.82, 2.24) is 4.98 Å². The molecule has 0 spiro atoms. The predicted octanol–water partition coefficient (Wildman–Crippen LogP) is 5.19. The average molecular weight is 542 g/mol. The third kappa shape index (κ3) is 6.15. The van der Waals surface area contributed by atoms with Crippen molar-refractivity contribution in [2.45, 2.75) is 13.0 Å². The number of nitriles is 1. The van der Waals surface area contributed by atoms with Crippen LogP contribution in [-0.2, 0) is 4.79 Å². The molecule has 0 aliphatic heterocycles. The predicted molar refractivity (Wildman–Crippen MR) is 150 cm³/mol. The Hall–Kier alpha value is -4.91. The first-order valence-corrected chi connectivity index (χ1v) is 12.1. The van der Waals surface area contributed by atoms with E-state index in [1.807, 2.05) is 0 Å². The van der Waals surface area contributed by atoms with Crippen LogP contribution >= 0.6 is 11.6 Å². The number of hydrogen-bond donors (Lipinski definition) is 4. The van der Waals surface area contributed by atoms with E-state index in [-0.39, 0.29) is 28.7 Å². The lowest BCUT2D eigenvalue weighted by atomic mass is 9.97. The van der Waals surface area contributed by atoms with Crippen LogP contribution in [0.2, 0.25) is 5.02 Å². The van der Waals surface area contributed by atoms with Crippen LogP contribution in [0.4, 0.5) is 11.5 Å². The molecule has 39 heavy (non-hydrogen) atoms. The van der Waals surface area contributed by atoms with Gasteiger partial charge < -0.3 is 26.2 Å². The van der Waals surface area contributed by atoms with Gasteiger partial charge in [0.15, 0.2) is 5.82 Å². The number of phenolic OH excluding ortho intramolecular Hbond substituents is 1. The number of hydrogen-bond acceptors (Lipinski definition) is 7. The number of nitrogens with two attached hydrogens (primary N) is 1. The highest BCUT2D eigenvalue weighted by atomic mass is 35.5. The van der Waals surface area contributed by atoms with E-state index in [0.717, 1.165) is 0 Å². The van der Waals surface area contributed by atoms with Gasteiger partial charge in [0, 0.05) is 27.4 Å². The Balaban J connectivity index is 1.85. The van der Waals surface area contributed by atoms with Gasteiger partial charge in [0.1, 0.15) is 23.1 Å². The molecule has 1 unspecified atom stereocenters. The Bertz CT molecular complexity index is 1600.